The van der Waals surface area contributed by atoms with E-state index in [2.05, 4.69) is 56.2 Å². The van der Waals surface area contributed by atoms with Gasteiger partial charge in [0.15, 0.2) is 23.0 Å². The van der Waals surface area contributed by atoms with E-state index in [1.807, 2.05) is 56.0 Å². The Morgan fingerprint density at radius 1 is 0.579 bits per heavy atom. The SMILES string of the molecule is CCOc1ccc(N(Cc2cncc(-c3cc(OC)c(OC)c(OC)c3)c2)C2CCN(Cc3cncc(-c4cc(OC)c(OC)c(OC)c4)c3)CC2)cc1.Cl.Cl.Cl. The molecule has 6 rings (SSSR count). The fourth-order valence-corrected chi connectivity index (χ4v) is 7.14. The number of hydrogen-bond donors (Lipinski definition) is 0. The van der Waals surface area contributed by atoms with E-state index in [0.717, 1.165) is 77.3 Å². The Hall–Kier alpha value is -4.81. The van der Waals surface area contributed by atoms with Gasteiger partial charge in [-0.3, -0.25) is 14.9 Å². The van der Waals surface area contributed by atoms with Gasteiger partial charge in [-0.1, -0.05) is 0 Å². The van der Waals surface area contributed by atoms with Gasteiger partial charge in [-0.25, -0.2) is 0 Å². The lowest BCUT2D eigenvalue weighted by atomic mass is 9.99. The standard InChI is InChI=1S/C43H50N4O7.3ClH/c1-8-54-37-11-9-35(10-12-37)47(28-30-18-34(26-45-24-30)32-21-40(50-4)43(53-7)41(22-32)51-5)36-13-15-46(16-14-36)27-29-17-33(25-44-23-29)31-19-38(48-2)42(52-6)39(20-31)49-3;;;/h9-12,17-26,36H,8,13-16,27-28H2,1-7H3;3*1H. The first kappa shape index (κ1) is 46.6. The van der Waals surface area contributed by atoms with E-state index in [1.54, 1.807) is 42.7 Å². The van der Waals surface area contributed by atoms with Crippen LogP contribution in [0.5, 0.6) is 40.2 Å². The zero-order chi connectivity index (χ0) is 38.0. The maximum absolute atomic E-state index is 5.78. The molecule has 1 saturated heterocycles. The normalized spacial score (nSPS) is 12.5. The first-order valence-corrected chi connectivity index (χ1v) is 18.1. The molecule has 11 nitrogen and oxygen atoms in total. The first-order chi connectivity index (χ1) is 26.4. The maximum atomic E-state index is 5.78. The second-order valence-electron chi connectivity index (χ2n) is 13.1. The fourth-order valence-electron chi connectivity index (χ4n) is 7.14. The van der Waals surface area contributed by atoms with Crippen molar-refractivity contribution in [1.29, 1.82) is 0 Å². The van der Waals surface area contributed by atoms with Crippen molar-refractivity contribution >= 4 is 42.9 Å². The van der Waals surface area contributed by atoms with E-state index in [-0.39, 0.29) is 37.2 Å². The number of ether oxygens (including phenoxy) is 7. The number of pyridine rings is 2. The molecule has 1 aliphatic heterocycles. The van der Waals surface area contributed by atoms with Crippen molar-refractivity contribution in [1.82, 2.24) is 14.9 Å². The van der Waals surface area contributed by atoms with Crippen LogP contribution in [0.25, 0.3) is 22.3 Å². The van der Waals surface area contributed by atoms with Gasteiger partial charge in [0.2, 0.25) is 11.5 Å². The highest BCUT2D eigenvalue weighted by Gasteiger charge is 2.26. The van der Waals surface area contributed by atoms with E-state index in [9.17, 15) is 0 Å². The zero-order valence-corrected chi connectivity index (χ0v) is 35.9. The molecule has 0 N–H and O–H groups in total. The second kappa shape index (κ2) is 22.2. The molecule has 2 aromatic heterocycles. The molecule has 0 spiro atoms. The summed E-state index contributed by atoms with van der Waals surface area (Å²) in [7, 11) is 9.72. The smallest absolute Gasteiger partial charge is 0.203 e. The first-order valence-electron chi connectivity index (χ1n) is 18.1. The van der Waals surface area contributed by atoms with Crippen LogP contribution >= 0.6 is 37.2 Å². The van der Waals surface area contributed by atoms with Crippen LogP contribution in [0.2, 0.25) is 0 Å². The molecule has 0 atom stereocenters. The highest BCUT2D eigenvalue weighted by atomic mass is 35.5. The molecule has 0 unspecified atom stereocenters. The summed E-state index contributed by atoms with van der Waals surface area (Å²) < 4.78 is 39.3. The van der Waals surface area contributed by atoms with Crippen molar-refractivity contribution in [3.8, 4) is 62.5 Å². The van der Waals surface area contributed by atoms with E-state index >= 15 is 0 Å². The minimum Gasteiger partial charge on any atom is -0.494 e. The summed E-state index contributed by atoms with van der Waals surface area (Å²) in [6.45, 7) is 6.04. The van der Waals surface area contributed by atoms with Crippen molar-refractivity contribution in [2.45, 2.75) is 38.9 Å². The van der Waals surface area contributed by atoms with E-state index in [0.29, 0.717) is 53.7 Å². The van der Waals surface area contributed by atoms with Crippen LogP contribution in [0.4, 0.5) is 5.69 Å². The Labute approximate surface area is 354 Å². The van der Waals surface area contributed by atoms with Crippen LogP contribution in [0, 0.1) is 0 Å². The third-order valence-corrected chi connectivity index (χ3v) is 9.82. The van der Waals surface area contributed by atoms with Crippen molar-refractivity contribution < 1.29 is 33.2 Å². The van der Waals surface area contributed by atoms with Gasteiger partial charge in [-0.05, 0) is 103 Å². The molecule has 3 heterocycles. The van der Waals surface area contributed by atoms with Crippen LogP contribution in [0.3, 0.4) is 0 Å². The topological polar surface area (TPSA) is 96.9 Å². The summed E-state index contributed by atoms with van der Waals surface area (Å²) in [4.78, 5) is 14.3. The molecule has 1 aliphatic rings. The number of piperidine rings is 1. The highest BCUT2D eigenvalue weighted by molar-refractivity contribution is 5.86. The fraction of sp³-hybridized carbons (Fsp3) is 0.349. The summed E-state index contributed by atoms with van der Waals surface area (Å²) in [6.07, 6.45) is 9.66. The number of nitrogens with zero attached hydrogens (tertiary/aromatic N) is 4. The summed E-state index contributed by atoms with van der Waals surface area (Å²) in [5.41, 5.74) is 7.25. The third kappa shape index (κ3) is 11.0. The van der Waals surface area contributed by atoms with Crippen LogP contribution in [0.15, 0.2) is 85.5 Å². The molecule has 0 aliphatic carbocycles. The highest BCUT2D eigenvalue weighted by Crippen LogP contribution is 2.42. The van der Waals surface area contributed by atoms with Crippen molar-refractivity contribution in [3.05, 3.63) is 96.6 Å². The molecule has 14 heteroatoms. The van der Waals surface area contributed by atoms with Crippen LogP contribution in [-0.2, 0) is 13.1 Å². The molecule has 0 bridgehead atoms. The Balaban J connectivity index is 0.00000290. The number of rotatable bonds is 16. The molecule has 0 amide bonds. The van der Waals surface area contributed by atoms with Gasteiger partial charge in [0, 0.05) is 73.8 Å². The summed E-state index contributed by atoms with van der Waals surface area (Å²) in [5, 5.41) is 0. The number of methoxy groups -OCH3 is 6. The molecule has 308 valence electrons. The van der Waals surface area contributed by atoms with Gasteiger partial charge < -0.3 is 38.1 Å². The molecular formula is C43H53Cl3N4O7. The number of aromatic nitrogens is 2. The number of benzene rings is 3. The van der Waals surface area contributed by atoms with Crippen molar-refractivity contribution in [3.63, 3.8) is 0 Å². The van der Waals surface area contributed by atoms with Crippen molar-refractivity contribution in [2.24, 2.45) is 0 Å². The summed E-state index contributed by atoms with van der Waals surface area (Å²) >= 11 is 0. The number of hydrogen-bond acceptors (Lipinski definition) is 11. The van der Waals surface area contributed by atoms with Crippen LogP contribution < -0.4 is 38.1 Å². The molecule has 0 radical (unpaired) electrons. The predicted octanol–water partition coefficient (Wildman–Crippen LogP) is 9.20. The summed E-state index contributed by atoms with van der Waals surface area (Å²) in [5.74, 6) is 4.41. The largest absolute Gasteiger partial charge is 0.494 e. The third-order valence-electron chi connectivity index (χ3n) is 9.82. The van der Waals surface area contributed by atoms with E-state index in [4.69, 9.17) is 33.2 Å². The Kier molecular flexibility index (Phi) is 18.1. The molecule has 5 aromatic rings. The summed E-state index contributed by atoms with van der Waals surface area (Å²) in [6, 6.07) is 21.0. The van der Waals surface area contributed by atoms with E-state index in [1.165, 1.54) is 0 Å². The average molecular weight is 844 g/mol. The van der Waals surface area contributed by atoms with Crippen LogP contribution in [0.1, 0.15) is 30.9 Å². The van der Waals surface area contributed by atoms with E-state index < -0.39 is 0 Å². The minimum absolute atomic E-state index is 0. The average Bonchev–Trinajstić information content (AvgIpc) is 3.22. The molecule has 1 fully saturated rings. The second-order valence-corrected chi connectivity index (χ2v) is 13.1. The Bertz CT molecular complexity index is 1960. The van der Waals surface area contributed by atoms with Gasteiger partial charge in [0.1, 0.15) is 5.75 Å². The number of halogens is 3. The molecule has 3 aromatic carbocycles. The minimum atomic E-state index is 0. The van der Waals surface area contributed by atoms with Crippen molar-refractivity contribution in [2.75, 3.05) is 67.3 Å². The number of anilines is 1. The lowest BCUT2D eigenvalue weighted by molar-refractivity contribution is 0.200. The molecule has 0 saturated carbocycles. The number of likely N-dealkylation sites (tertiary alicyclic amines) is 1. The quantitative estimate of drug-likeness (QED) is 0.0952. The van der Waals surface area contributed by atoms with Gasteiger partial charge in [0.25, 0.3) is 0 Å². The van der Waals surface area contributed by atoms with Gasteiger partial charge >= 0.3 is 0 Å². The van der Waals surface area contributed by atoms with Gasteiger partial charge in [-0.2, -0.15) is 0 Å². The predicted molar refractivity (Wildman–Crippen MR) is 232 cm³/mol. The maximum Gasteiger partial charge on any atom is 0.203 e. The van der Waals surface area contributed by atoms with Gasteiger partial charge in [0.05, 0.1) is 49.3 Å². The lowest BCUT2D eigenvalue weighted by Crippen LogP contribution is -2.44. The Morgan fingerprint density at radius 3 is 1.47 bits per heavy atom. The Morgan fingerprint density at radius 2 is 1.04 bits per heavy atom. The lowest BCUT2D eigenvalue weighted by Gasteiger charge is -2.40. The zero-order valence-electron chi connectivity index (χ0n) is 33.5. The van der Waals surface area contributed by atoms with Crippen LogP contribution in [-0.4, -0.2) is 83.3 Å². The monoisotopic (exact) mass is 842 g/mol. The molecule has 57 heavy (non-hydrogen) atoms. The molecular weight excluding hydrogens is 791 g/mol. The van der Waals surface area contributed by atoms with Gasteiger partial charge in [-0.15, -0.1) is 37.2 Å².